The molecule has 1 aromatic carbocycles. The molecule has 1 aliphatic carbocycles. The zero-order chi connectivity index (χ0) is 13.5. The molecule has 0 unspecified atom stereocenters. The number of nitrogens with one attached hydrogen (secondary N) is 1. The Balaban J connectivity index is 2.10. The first-order valence-corrected chi connectivity index (χ1v) is 6.81. The highest BCUT2D eigenvalue weighted by atomic mass is 16.2. The molecule has 1 aliphatic rings. The molecule has 2 rings (SSSR count). The summed E-state index contributed by atoms with van der Waals surface area (Å²) in [5.41, 5.74) is 1.35. The van der Waals surface area contributed by atoms with Crippen LogP contribution in [0.15, 0.2) is 24.3 Å². The average molecular weight is 257 g/mol. The molecule has 0 radical (unpaired) electrons. The molecule has 1 aromatic rings. The highest BCUT2D eigenvalue weighted by Gasteiger charge is 2.18. The summed E-state index contributed by atoms with van der Waals surface area (Å²) in [6.07, 6.45) is 4.97. The van der Waals surface area contributed by atoms with E-state index in [1.807, 2.05) is 18.2 Å². The Morgan fingerprint density at radius 3 is 2.79 bits per heavy atom. The first-order chi connectivity index (χ1) is 9.31. The molecular formula is C16H19NO2. The number of amides is 1. The first kappa shape index (κ1) is 13.6. The maximum atomic E-state index is 12.2. The summed E-state index contributed by atoms with van der Waals surface area (Å²) in [5.74, 6) is 5.77. The maximum Gasteiger partial charge on any atom is 0.252 e. The van der Waals surface area contributed by atoms with Gasteiger partial charge in [-0.3, -0.25) is 4.79 Å². The number of benzene rings is 1. The van der Waals surface area contributed by atoms with E-state index in [0.29, 0.717) is 18.0 Å². The fraction of sp³-hybridized carbons (Fsp3) is 0.438. The van der Waals surface area contributed by atoms with Gasteiger partial charge in [-0.2, -0.15) is 0 Å². The van der Waals surface area contributed by atoms with E-state index in [1.165, 1.54) is 12.8 Å². The standard InChI is InChI=1S/C16H19NO2/c18-12-6-5-8-13-7-1-4-11-15(13)16(19)17-14-9-2-3-10-14/h1,4,7,11,14,18H,2-3,6,9-10,12H2,(H,17,19). The Morgan fingerprint density at radius 1 is 1.32 bits per heavy atom. The van der Waals surface area contributed by atoms with Gasteiger partial charge in [0.05, 0.1) is 12.2 Å². The molecule has 0 saturated heterocycles. The Bertz CT molecular complexity index is 493. The molecule has 0 atom stereocenters. The van der Waals surface area contributed by atoms with E-state index in [1.54, 1.807) is 6.07 Å². The van der Waals surface area contributed by atoms with Crippen LogP contribution in [0, 0.1) is 11.8 Å². The molecular weight excluding hydrogens is 238 g/mol. The molecule has 1 amide bonds. The van der Waals surface area contributed by atoms with Gasteiger partial charge in [0, 0.05) is 18.0 Å². The number of rotatable bonds is 3. The third-order valence-corrected chi connectivity index (χ3v) is 3.32. The molecule has 3 nitrogen and oxygen atoms in total. The van der Waals surface area contributed by atoms with Gasteiger partial charge in [0.1, 0.15) is 0 Å². The number of aliphatic hydroxyl groups excluding tert-OH is 1. The quantitative estimate of drug-likeness (QED) is 0.815. The molecule has 0 spiro atoms. The average Bonchev–Trinajstić information content (AvgIpc) is 2.92. The minimum Gasteiger partial charge on any atom is -0.395 e. The number of hydrogen-bond donors (Lipinski definition) is 2. The lowest BCUT2D eigenvalue weighted by Crippen LogP contribution is -2.33. The van der Waals surface area contributed by atoms with Gasteiger partial charge in [0.2, 0.25) is 0 Å². The number of carbonyl (C=O) groups is 1. The zero-order valence-electron chi connectivity index (χ0n) is 11.0. The van der Waals surface area contributed by atoms with Gasteiger partial charge in [0.15, 0.2) is 0 Å². The van der Waals surface area contributed by atoms with Crippen LogP contribution in [-0.4, -0.2) is 23.7 Å². The molecule has 0 heterocycles. The Morgan fingerprint density at radius 2 is 2.05 bits per heavy atom. The van der Waals surface area contributed by atoms with E-state index in [2.05, 4.69) is 17.2 Å². The number of carbonyl (C=O) groups excluding carboxylic acids is 1. The van der Waals surface area contributed by atoms with Crippen LogP contribution in [-0.2, 0) is 0 Å². The van der Waals surface area contributed by atoms with E-state index >= 15 is 0 Å². The van der Waals surface area contributed by atoms with Crippen molar-refractivity contribution in [3.63, 3.8) is 0 Å². The predicted molar refractivity (Wildman–Crippen MR) is 74.7 cm³/mol. The van der Waals surface area contributed by atoms with Crippen molar-refractivity contribution in [2.45, 2.75) is 38.1 Å². The predicted octanol–water partition coefficient (Wildman–Crippen LogP) is 2.09. The molecule has 19 heavy (non-hydrogen) atoms. The largest absolute Gasteiger partial charge is 0.395 e. The van der Waals surface area contributed by atoms with Crippen molar-refractivity contribution < 1.29 is 9.90 Å². The molecule has 1 fully saturated rings. The SMILES string of the molecule is O=C(NC1CCCC1)c1ccccc1C#CCCO. The number of aliphatic hydroxyl groups is 1. The van der Waals surface area contributed by atoms with Gasteiger partial charge in [-0.1, -0.05) is 36.8 Å². The van der Waals surface area contributed by atoms with Gasteiger partial charge in [-0.05, 0) is 25.0 Å². The van der Waals surface area contributed by atoms with Crippen LogP contribution in [0.3, 0.4) is 0 Å². The normalized spacial score (nSPS) is 14.8. The monoisotopic (exact) mass is 257 g/mol. The van der Waals surface area contributed by atoms with E-state index < -0.39 is 0 Å². The van der Waals surface area contributed by atoms with Crippen molar-refractivity contribution in [1.82, 2.24) is 5.32 Å². The van der Waals surface area contributed by atoms with E-state index in [-0.39, 0.29) is 12.5 Å². The lowest BCUT2D eigenvalue weighted by molar-refractivity contribution is 0.0937. The van der Waals surface area contributed by atoms with Crippen LogP contribution in [0.1, 0.15) is 48.0 Å². The smallest absolute Gasteiger partial charge is 0.252 e. The lowest BCUT2D eigenvalue weighted by atomic mass is 10.1. The third-order valence-electron chi connectivity index (χ3n) is 3.32. The van der Waals surface area contributed by atoms with Crippen LogP contribution < -0.4 is 5.32 Å². The van der Waals surface area contributed by atoms with Gasteiger partial charge in [0.25, 0.3) is 5.91 Å². The van der Waals surface area contributed by atoms with Crippen molar-refractivity contribution in [3.05, 3.63) is 35.4 Å². The minimum absolute atomic E-state index is 0.0409. The second-order valence-corrected chi connectivity index (χ2v) is 4.78. The lowest BCUT2D eigenvalue weighted by Gasteiger charge is -2.12. The summed E-state index contributed by atoms with van der Waals surface area (Å²) in [6, 6.07) is 7.67. The molecule has 0 aliphatic heterocycles. The van der Waals surface area contributed by atoms with Gasteiger partial charge >= 0.3 is 0 Å². The van der Waals surface area contributed by atoms with Crippen molar-refractivity contribution in [2.24, 2.45) is 0 Å². The molecule has 0 bridgehead atoms. The number of hydrogen-bond acceptors (Lipinski definition) is 2. The third kappa shape index (κ3) is 3.84. The van der Waals surface area contributed by atoms with E-state index in [9.17, 15) is 4.79 Å². The maximum absolute atomic E-state index is 12.2. The van der Waals surface area contributed by atoms with Crippen LogP contribution in [0.4, 0.5) is 0 Å². The van der Waals surface area contributed by atoms with Crippen molar-refractivity contribution in [2.75, 3.05) is 6.61 Å². The van der Waals surface area contributed by atoms with Crippen LogP contribution in [0.2, 0.25) is 0 Å². The Labute approximate surface area is 114 Å². The molecule has 2 N–H and O–H groups in total. The van der Waals surface area contributed by atoms with Crippen LogP contribution >= 0.6 is 0 Å². The van der Waals surface area contributed by atoms with Crippen molar-refractivity contribution in [1.29, 1.82) is 0 Å². The van der Waals surface area contributed by atoms with E-state index in [0.717, 1.165) is 18.4 Å². The zero-order valence-corrected chi connectivity index (χ0v) is 11.0. The Kier molecular flexibility index (Phi) is 5.00. The second kappa shape index (κ2) is 6.96. The molecule has 100 valence electrons. The van der Waals surface area contributed by atoms with Crippen LogP contribution in [0.25, 0.3) is 0 Å². The van der Waals surface area contributed by atoms with Gasteiger partial charge < -0.3 is 10.4 Å². The fourth-order valence-electron chi connectivity index (χ4n) is 2.34. The summed E-state index contributed by atoms with van der Waals surface area (Å²) in [5, 5.41) is 11.8. The first-order valence-electron chi connectivity index (χ1n) is 6.81. The highest BCUT2D eigenvalue weighted by molar-refractivity contribution is 5.96. The van der Waals surface area contributed by atoms with Crippen LogP contribution in [0.5, 0.6) is 0 Å². The topological polar surface area (TPSA) is 49.3 Å². The summed E-state index contributed by atoms with van der Waals surface area (Å²) in [4.78, 5) is 12.2. The summed E-state index contributed by atoms with van der Waals surface area (Å²) in [6.45, 7) is 0.0451. The minimum atomic E-state index is -0.0409. The summed E-state index contributed by atoms with van der Waals surface area (Å²) >= 11 is 0. The second-order valence-electron chi connectivity index (χ2n) is 4.78. The van der Waals surface area contributed by atoms with Gasteiger partial charge in [-0.25, -0.2) is 0 Å². The fourth-order valence-corrected chi connectivity index (χ4v) is 2.34. The van der Waals surface area contributed by atoms with Gasteiger partial charge in [-0.15, -0.1) is 0 Å². The highest BCUT2D eigenvalue weighted by Crippen LogP contribution is 2.18. The summed E-state index contributed by atoms with van der Waals surface area (Å²) < 4.78 is 0. The van der Waals surface area contributed by atoms with Crippen molar-refractivity contribution >= 4 is 5.91 Å². The Hall–Kier alpha value is -1.79. The van der Waals surface area contributed by atoms with Crippen molar-refractivity contribution in [3.8, 4) is 11.8 Å². The van der Waals surface area contributed by atoms with E-state index in [4.69, 9.17) is 5.11 Å². The summed E-state index contributed by atoms with van der Waals surface area (Å²) in [7, 11) is 0. The molecule has 1 saturated carbocycles. The molecule has 3 heteroatoms. The molecule has 0 aromatic heterocycles.